The van der Waals surface area contributed by atoms with Crippen molar-refractivity contribution in [1.82, 2.24) is 10.2 Å². The Labute approximate surface area is 108 Å². The Hall–Kier alpha value is -0.420. The van der Waals surface area contributed by atoms with E-state index < -0.39 is 0 Å². The average Bonchev–Trinajstić information content (AvgIpc) is 2.85. The number of ether oxygens (including phenoxy) is 1. The van der Waals surface area contributed by atoms with E-state index in [9.17, 15) is 0 Å². The first-order valence-electron chi connectivity index (χ1n) is 6.38. The van der Waals surface area contributed by atoms with Crippen LogP contribution in [0.4, 0.5) is 0 Å². The number of likely N-dealkylation sites (N-methyl/N-ethyl adjacent to an activating group) is 1. The number of hydrogen-bond donors (Lipinski definition) is 1. The maximum atomic E-state index is 5.93. The molecule has 1 aliphatic heterocycles. The van der Waals surface area contributed by atoms with E-state index in [4.69, 9.17) is 4.74 Å². The summed E-state index contributed by atoms with van der Waals surface area (Å²) in [5.41, 5.74) is 1.35. The molecule has 1 aromatic heterocycles. The molecule has 17 heavy (non-hydrogen) atoms. The molecule has 0 amide bonds. The van der Waals surface area contributed by atoms with Crippen molar-refractivity contribution in [2.45, 2.75) is 25.5 Å². The van der Waals surface area contributed by atoms with E-state index in [2.05, 4.69) is 34.0 Å². The summed E-state index contributed by atoms with van der Waals surface area (Å²) in [5, 5.41) is 7.73. The lowest BCUT2D eigenvalue weighted by atomic mass is 10.0. The van der Waals surface area contributed by atoms with Crippen LogP contribution in [0.2, 0.25) is 0 Å². The SMILES string of the molecule is CCCN1CCOC(C(NC)c2ccsc2)C1. The first-order valence-corrected chi connectivity index (χ1v) is 7.32. The van der Waals surface area contributed by atoms with Crippen molar-refractivity contribution in [3.63, 3.8) is 0 Å². The Morgan fingerprint density at radius 2 is 2.53 bits per heavy atom. The molecule has 96 valence electrons. The minimum Gasteiger partial charge on any atom is -0.374 e. The van der Waals surface area contributed by atoms with E-state index in [1.54, 1.807) is 11.3 Å². The van der Waals surface area contributed by atoms with Gasteiger partial charge >= 0.3 is 0 Å². The molecule has 1 N–H and O–H groups in total. The van der Waals surface area contributed by atoms with Crippen molar-refractivity contribution in [2.24, 2.45) is 0 Å². The van der Waals surface area contributed by atoms with Crippen LogP contribution in [0.15, 0.2) is 16.8 Å². The molecule has 2 atom stereocenters. The fraction of sp³-hybridized carbons (Fsp3) is 0.692. The summed E-state index contributed by atoms with van der Waals surface area (Å²) in [6.07, 6.45) is 1.49. The van der Waals surface area contributed by atoms with E-state index >= 15 is 0 Å². The molecule has 1 aromatic rings. The molecular weight excluding hydrogens is 232 g/mol. The van der Waals surface area contributed by atoms with Crippen LogP contribution >= 0.6 is 11.3 Å². The number of hydrogen-bond acceptors (Lipinski definition) is 4. The van der Waals surface area contributed by atoms with Gasteiger partial charge in [-0.3, -0.25) is 4.90 Å². The highest BCUT2D eigenvalue weighted by molar-refractivity contribution is 7.07. The topological polar surface area (TPSA) is 24.5 Å². The predicted octanol–water partition coefficient (Wildman–Crippen LogP) is 2.12. The molecule has 0 bridgehead atoms. The van der Waals surface area contributed by atoms with Crippen molar-refractivity contribution in [1.29, 1.82) is 0 Å². The fourth-order valence-corrected chi connectivity index (χ4v) is 3.17. The minimum atomic E-state index is 0.273. The first kappa shape index (κ1) is 13.0. The van der Waals surface area contributed by atoms with Gasteiger partial charge in [0.25, 0.3) is 0 Å². The van der Waals surface area contributed by atoms with Crippen molar-refractivity contribution in [2.75, 3.05) is 33.3 Å². The van der Waals surface area contributed by atoms with Crippen LogP contribution in [0, 0.1) is 0 Å². The van der Waals surface area contributed by atoms with E-state index in [0.717, 1.165) is 19.7 Å². The maximum absolute atomic E-state index is 5.93. The Morgan fingerprint density at radius 1 is 1.65 bits per heavy atom. The minimum absolute atomic E-state index is 0.273. The number of morpholine rings is 1. The lowest BCUT2D eigenvalue weighted by Gasteiger charge is -2.36. The highest BCUT2D eigenvalue weighted by Gasteiger charge is 2.28. The van der Waals surface area contributed by atoms with Gasteiger partial charge in [-0.05, 0) is 42.4 Å². The van der Waals surface area contributed by atoms with E-state index in [1.807, 2.05) is 7.05 Å². The second-order valence-corrected chi connectivity index (χ2v) is 5.31. The summed E-state index contributed by atoms with van der Waals surface area (Å²) in [4.78, 5) is 2.50. The van der Waals surface area contributed by atoms with Crippen LogP contribution in [0.25, 0.3) is 0 Å². The number of nitrogens with one attached hydrogen (secondary N) is 1. The summed E-state index contributed by atoms with van der Waals surface area (Å²) in [6, 6.07) is 2.51. The highest BCUT2D eigenvalue weighted by Crippen LogP contribution is 2.24. The monoisotopic (exact) mass is 254 g/mol. The van der Waals surface area contributed by atoms with E-state index in [1.165, 1.54) is 18.5 Å². The van der Waals surface area contributed by atoms with Gasteiger partial charge in [-0.1, -0.05) is 6.92 Å². The van der Waals surface area contributed by atoms with Gasteiger partial charge in [-0.2, -0.15) is 11.3 Å². The van der Waals surface area contributed by atoms with Crippen molar-refractivity contribution in [3.8, 4) is 0 Å². The van der Waals surface area contributed by atoms with Crippen molar-refractivity contribution >= 4 is 11.3 Å². The third-order valence-corrected chi connectivity index (χ3v) is 4.00. The fourth-order valence-electron chi connectivity index (χ4n) is 2.47. The second-order valence-electron chi connectivity index (χ2n) is 4.53. The maximum Gasteiger partial charge on any atom is 0.0897 e. The molecule has 1 aliphatic rings. The largest absolute Gasteiger partial charge is 0.374 e. The van der Waals surface area contributed by atoms with Gasteiger partial charge in [-0.15, -0.1) is 0 Å². The molecule has 1 fully saturated rings. The van der Waals surface area contributed by atoms with Crippen molar-refractivity contribution < 1.29 is 4.74 Å². The van der Waals surface area contributed by atoms with Gasteiger partial charge in [-0.25, -0.2) is 0 Å². The van der Waals surface area contributed by atoms with Gasteiger partial charge in [0.15, 0.2) is 0 Å². The van der Waals surface area contributed by atoms with Gasteiger partial charge < -0.3 is 10.1 Å². The normalized spacial score (nSPS) is 23.8. The van der Waals surface area contributed by atoms with Gasteiger partial charge in [0.2, 0.25) is 0 Å². The molecule has 0 spiro atoms. The quantitative estimate of drug-likeness (QED) is 0.871. The third kappa shape index (κ3) is 3.28. The third-order valence-electron chi connectivity index (χ3n) is 3.30. The summed E-state index contributed by atoms with van der Waals surface area (Å²) in [5.74, 6) is 0. The van der Waals surface area contributed by atoms with E-state index in [-0.39, 0.29) is 6.10 Å². The number of nitrogens with zero attached hydrogens (tertiary/aromatic N) is 1. The molecule has 2 heterocycles. The van der Waals surface area contributed by atoms with Crippen LogP contribution in [0.1, 0.15) is 24.9 Å². The molecule has 0 aromatic carbocycles. The molecule has 0 saturated carbocycles. The lowest BCUT2D eigenvalue weighted by molar-refractivity contribution is -0.0458. The summed E-state index contributed by atoms with van der Waals surface area (Å²) in [6.45, 7) is 6.38. The molecule has 4 heteroatoms. The molecule has 3 nitrogen and oxygen atoms in total. The second kappa shape index (κ2) is 6.50. The van der Waals surface area contributed by atoms with Crippen LogP contribution in [-0.2, 0) is 4.74 Å². The molecule has 0 aliphatic carbocycles. The lowest BCUT2D eigenvalue weighted by Crippen LogP contribution is -2.47. The number of thiophene rings is 1. The van der Waals surface area contributed by atoms with Crippen LogP contribution < -0.4 is 5.32 Å². The summed E-state index contributed by atoms with van der Waals surface area (Å²) >= 11 is 1.75. The standard InChI is InChI=1S/C13H22N2OS/c1-3-5-15-6-7-16-12(9-15)13(14-2)11-4-8-17-10-11/h4,8,10,12-14H,3,5-7,9H2,1-2H3. The molecule has 2 rings (SSSR count). The smallest absolute Gasteiger partial charge is 0.0897 e. The summed E-state index contributed by atoms with van der Waals surface area (Å²) in [7, 11) is 2.02. The van der Waals surface area contributed by atoms with Crippen molar-refractivity contribution in [3.05, 3.63) is 22.4 Å². The van der Waals surface area contributed by atoms with Gasteiger partial charge in [0.05, 0.1) is 18.8 Å². The molecule has 1 saturated heterocycles. The zero-order chi connectivity index (χ0) is 12.1. The molecule has 2 unspecified atom stereocenters. The van der Waals surface area contributed by atoms with Crippen LogP contribution in [0.5, 0.6) is 0 Å². The van der Waals surface area contributed by atoms with Gasteiger partial charge in [0, 0.05) is 13.1 Å². The van der Waals surface area contributed by atoms with Crippen LogP contribution in [-0.4, -0.2) is 44.3 Å². The average molecular weight is 254 g/mol. The van der Waals surface area contributed by atoms with Gasteiger partial charge in [0.1, 0.15) is 0 Å². The Balaban J connectivity index is 1.99. The zero-order valence-corrected chi connectivity index (χ0v) is 11.5. The number of rotatable bonds is 5. The molecule has 0 radical (unpaired) electrons. The Kier molecular flexibility index (Phi) is 4.98. The first-order chi connectivity index (χ1) is 8.35. The molecular formula is C13H22N2OS. The summed E-state index contributed by atoms with van der Waals surface area (Å²) < 4.78 is 5.93. The Morgan fingerprint density at radius 3 is 3.18 bits per heavy atom. The predicted molar refractivity (Wildman–Crippen MR) is 72.6 cm³/mol. The highest BCUT2D eigenvalue weighted by atomic mass is 32.1. The van der Waals surface area contributed by atoms with Crippen LogP contribution in [0.3, 0.4) is 0 Å². The zero-order valence-electron chi connectivity index (χ0n) is 10.7. The Bertz CT molecular complexity index is 313. The van der Waals surface area contributed by atoms with E-state index in [0.29, 0.717) is 6.04 Å².